The number of carbonyl (C=O) groups is 2. The van der Waals surface area contributed by atoms with E-state index in [1.54, 1.807) is 36.4 Å². The Bertz CT molecular complexity index is 732. The van der Waals surface area contributed by atoms with E-state index in [0.717, 1.165) is 5.56 Å². The molecule has 2 amide bonds. The number of nitrogens with one attached hydrogen (secondary N) is 2. The summed E-state index contributed by atoms with van der Waals surface area (Å²) in [5.74, 6) is -0.293. The second-order valence-corrected chi connectivity index (χ2v) is 5.32. The first-order chi connectivity index (χ1) is 11.0. The molecule has 2 N–H and O–H groups in total. The molecule has 0 saturated carbocycles. The predicted octanol–water partition coefficient (Wildman–Crippen LogP) is 3.03. The topological polar surface area (TPSA) is 67.4 Å². The number of methoxy groups -OCH3 is 1. The second-order valence-electron chi connectivity index (χ2n) is 4.91. The van der Waals surface area contributed by atoms with Crippen LogP contribution in [0.3, 0.4) is 0 Å². The third kappa shape index (κ3) is 4.47. The van der Waals surface area contributed by atoms with Crippen molar-refractivity contribution in [3.05, 3.63) is 58.6 Å². The first-order valence-electron chi connectivity index (χ1n) is 6.98. The van der Waals surface area contributed by atoms with Gasteiger partial charge in [0.15, 0.2) is 0 Å². The number of hydrogen-bond acceptors (Lipinski definition) is 3. The van der Waals surface area contributed by atoms with Gasteiger partial charge in [-0.25, -0.2) is 0 Å². The lowest BCUT2D eigenvalue weighted by molar-refractivity contribution is -0.115. The molecule has 0 atom stereocenters. The highest BCUT2D eigenvalue weighted by Gasteiger charge is 2.13. The van der Waals surface area contributed by atoms with Crippen LogP contribution in [-0.4, -0.2) is 25.5 Å². The highest BCUT2D eigenvalue weighted by molar-refractivity contribution is 6.33. The molecule has 2 aromatic carbocycles. The molecule has 0 heterocycles. The molecular weight excluding hydrogens is 316 g/mol. The average Bonchev–Trinajstić information content (AvgIpc) is 2.55. The van der Waals surface area contributed by atoms with Crippen molar-refractivity contribution < 1.29 is 14.3 Å². The Labute approximate surface area is 139 Å². The summed E-state index contributed by atoms with van der Waals surface area (Å²) in [5.41, 5.74) is 1.88. The fraction of sp³-hybridized carbons (Fsp3) is 0.176. The number of aryl methyl sites for hydroxylation is 1. The predicted molar refractivity (Wildman–Crippen MR) is 90.1 cm³/mol. The van der Waals surface area contributed by atoms with Crippen LogP contribution in [0, 0.1) is 6.92 Å². The number of rotatable bonds is 5. The first-order valence-corrected chi connectivity index (χ1v) is 7.36. The molecule has 0 fully saturated rings. The van der Waals surface area contributed by atoms with Gasteiger partial charge >= 0.3 is 0 Å². The van der Waals surface area contributed by atoms with Crippen LogP contribution in [-0.2, 0) is 4.79 Å². The molecular formula is C17H17ClN2O3. The van der Waals surface area contributed by atoms with E-state index in [4.69, 9.17) is 16.3 Å². The third-order valence-corrected chi connectivity index (χ3v) is 3.47. The van der Waals surface area contributed by atoms with Gasteiger partial charge in [0.05, 0.1) is 29.9 Å². The van der Waals surface area contributed by atoms with E-state index in [1.807, 2.05) is 13.0 Å². The first kappa shape index (κ1) is 16.8. The Morgan fingerprint density at radius 3 is 2.61 bits per heavy atom. The largest absolute Gasteiger partial charge is 0.496 e. The van der Waals surface area contributed by atoms with Gasteiger partial charge < -0.3 is 15.4 Å². The molecule has 0 spiro atoms. The van der Waals surface area contributed by atoms with Crippen molar-refractivity contribution in [2.75, 3.05) is 19.0 Å². The summed E-state index contributed by atoms with van der Waals surface area (Å²) in [6.45, 7) is 1.74. The molecule has 0 radical (unpaired) electrons. The van der Waals surface area contributed by atoms with Crippen LogP contribution in [0.4, 0.5) is 5.69 Å². The van der Waals surface area contributed by atoms with Crippen LogP contribution in [0.15, 0.2) is 42.5 Å². The van der Waals surface area contributed by atoms with Gasteiger partial charge in [-0.1, -0.05) is 29.8 Å². The molecule has 120 valence electrons. The van der Waals surface area contributed by atoms with Crippen molar-refractivity contribution in [3.8, 4) is 5.75 Å². The highest BCUT2D eigenvalue weighted by Crippen LogP contribution is 2.22. The Morgan fingerprint density at radius 1 is 1.17 bits per heavy atom. The maximum absolute atomic E-state index is 12.1. The molecule has 0 aromatic heterocycles. The lowest BCUT2D eigenvalue weighted by Crippen LogP contribution is -2.33. The molecule has 0 bridgehead atoms. The zero-order valence-corrected chi connectivity index (χ0v) is 13.6. The Kier molecular flexibility index (Phi) is 5.60. The van der Waals surface area contributed by atoms with Gasteiger partial charge in [0.2, 0.25) is 5.91 Å². The molecule has 0 aliphatic rings. The van der Waals surface area contributed by atoms with Gasteiger partial charge in [-0.15, -0.1) is 0 Å². The summed E-state index contributed by atoms with van der Waals surface area (Å²) < 4.78 is 5.12. The van der Waals surface area contributed by atoms with Crippen molar-refractivity contribution in [1.29, 1.82) is 0 Å². The minimum atomic E-state index is -0.382. The van der Waals surface area contributed by atoms with Gasteiger partial charge in [0.1, 0.15) is 5.75 Å². The zero-order chi connectivity index (χ0) is 16.8. The van der Waals surface area contributed by atoms with Crippen LogP contribution in [0.25, 0.3) is 0 Å². The number of ether oxygens (including phenoxy) is 1. The molecule has 23 heavy (non-hydrogen) atoms. The van der Waals surface area contributed by atoms with Gasteiger partial charge in [0, 0.05) is 0 Å². The molecule has 0 aliphatic carbocycles. The minimum Gasteiger partial charge on any atom is -0.496 e. The number of hydrogen-bond donors (Lipinski definition) is 2. The van der Waals surface area contributed by atoms with E-state index in [-0.39, 0.29) is 18.4 Å². The van der Waals surface area contributed by atoms with Gasteiger partial charge in [0.25, 0.3) is 5.91 Å². The molecule has 2 aromatic rings. The van der Waals surface area contributed by atoms with Crippen molar-refractivity contribution >= 4 is 29.1 Å². The van der Waals surface area contributed by atoms with Crippen molar-refractivity contribution in [1.82, 2.24) is 5.32 Å². The van der Waals surface area contributed by atoms with Crippen molar-refractivity contribution in [2.24, 2.45) is 0 Å². The van der Waals surface area contributed by atoms with Crippen molar-refractivity contribution in [2.45, 2.75) is 6.92 Å². The van der Waals surface area contributed by atoms with Crippen LogP contribution in [0.5, 0.6) is 5.75 Å². The summed E-state index contributed by atoms with van der Waals surface area (Å²) >= 11 is 6.05. The Morgan fingerprint density at radius 2 is 1.91 bits per heavy atom. The molecule has 5 nitrogen and oxygen atoms in total. The lowest BCUT2D eigenvalue weighted by atomic mass is 10.2. The highest BCUT2D eigenvalue weighted by atomic mass is 35.5. The third-order valence-electron chi connectivity index (χ3n) is 3.16. The van der Waals surface area contributed by atoms with Crippen LogP contribution >= 0.6 is 11.6 Å². The number of carbonyl (C=O) groups excluding carboxylic acids is 2. The lowest BCUT2D eigenvalue weighted by Gasteiger charge is -2.10. The summed E-state index contributed by atoms with van der Waals surface area (Å²) in [6.07, 6.45) is 0. The van der Waals surface area contributed by atoms with Gasteiger partial charge in [-0.05, 0) is 36.8 Å². The number of para-hydroxylation sites is 1. The van der Waals surface area contributed by atoms with E-state index in [2.05, 4.69) is 10.6 Å². The fourth-order valence-corrected chi connectivity index (χ4v) is 2.29. The summed E-state index contributed by atoms with van der Waals surface area (Å²) in [4.78, 5) is 24.0. The smallest absolute Gasteiger partial charge is 0.255 e. The number of halogens is 1. The van der Waals surface area contributed by atoms with Gasteiger partial charge in [-0.2, -0.15) is 0 Å². The number of anilines is 1. The normalized spacial score (nSPS) is 10.0. The summed E-state index contributed by atoms with van der Waals surface area (Å²) in [6, 6.07) is 12.1. The van der Waals surface area contributed by atoms with Crippen LogP contribution in [0.2, 0.25) is 5.02 Å². The SMILES string of the molecule is COc1ccccc1C(=O)NCC(=O)Nc1ccc(C)cc1Cl. The van der Waals surface area contributed by atoms with Crippen LogP contribution in [0.1, 0.15) is 15.9 Å². The molecule has 2 rings (SSSR count). The minimum absolute atomic E-state index is 0.166. The monoisotopic (exact) mass is 332 g/mol. The number of amides is 2. The average molecular weight is 333 g/mol. The van der Waals surface area contributed by atoms with E-state index < -0.39 is 0 Å². The quantitative estimate of drug-likeness (QED) is 0.884. The Hall–Kier alpha value is -2.53. The van der Waals surface area contributed by atoms with E-state index >= 15 is 0 Å². The summed E-state index contributed by atoms with van der Waals surface area (Å²) in [5, 5.41) is 5.66. The van der Waals surface area contributed by atoms with Crippen molar-refractivity contribution in [3.63, 3.8) is 0 Å². The fourth-order valence-electron chi connectivity index (χ4n) is 2.00. The Balaban J connectivity index is 1.95. The van der Waals surface area contributed by atoms with Gasteiger partial charge in [-0.3, -0.25) is 9.59 Å². The standard InChI is InChI=1S/C17H17ClN2O3/c1-11-7-8-14(13(18)9-11)20-16(21)10-19-17(22)12-5-3-4-6-15(12)23-2/h3-9H,10H2,1-2H3,(H,19,22)(H,20,21). The molecule has 0 aliphatic heterocycles. The second kappa shape index (κ2) is 7.65. The van der Waals surface area contributed by atoms with Crippen LogP contribution < -0.4 is 15.4 Å². The van der Waals surface area contributed by atoms with E-state index in [1.165, 1.54) is 7.11 Å². The maximum atomic E-state index is 12.1. The molecule has 0 saturated heterocycles. The molecule has 6 heteroatoms. The van der Waals surface area contributed by atoms with E-state index in [0.29, 0.717) is 22.0 Å². The summed E-state index contributed by atoms with van der Waals surface area (Å²) in [7, 11) is 1.48. The molecule has 0 unspecified atom stereocenters. The zero-order valence-electron chi connectivity index (χ0n) is 12.9. The van der Waals surface area contributed by atoms with E-state index in [9.17, 15) is 9.59 Å². The number of benzene rings is 2. The maximum Gasteiger partial charge on any atom is 0.255 e.